The van der Waals surface area contributed by atoms with E-state index in [-0.39, 0.29) is 5.75 Å². The third-order valence-electron chi connectivity index (χ3n) is 4.07. The first-order chi connectivity index (χ1) is 9.15. The number of fused-ring (bicyclic) bond motifs is 1. The molecule has 0 saturated carbocycles. The van der Waals surface area contributed by atoms with Gasteiger partial charge in [-0.2, -0.15) is 0 Å². The highest BCUT2D eigenvalue weighted by atomic mass is 32.2. The Morgan fingerprint density at radius 1 is 1.47 bits per heavy atom. The van der Waals surface area contributed by atoms with E-state index in [0.717, 1.165) is 23.8 Å². The van der Waals surface area contributed by atoms with Crippen LogP contribution in [0, 0.1) is 6.92 Å². The Labute approximate surface area is 117 Å². The standard InChI is InChI=1S/C13H19N3O2S/c1-9-7-16(13(14-9)19-8-12(17)18)11-4-6-15-5-2-3-10(11)15/h7,10-11H,2-6,8H2,1H3,(H,17,18). The fourth-order valence-electron chi connectivity index (χ4n) is 3.34. The molecule has 104 valence electrons. The number of hydrogen-bond acceptors (Lipinski definition) is 4. The van der Waals surface area contributed by atoms with Gasteiger partial charge in [-0.15, -0.1) is 0 Å². The molecule has 1 aromatic heterocycles. The van der Waals surface area contributed by atoms with Crippen LogP contribution in [-0.2, 0) is 4.79 Å². The van der Waals surface area contributed by atoms with Crippen molar-refractivity contribution in [2.75, 3.05) is 18.8 Å². The van der Waals surface area contributed by atoms with Crippen molar-refractivity contribution in [3.8, 4) is 0 Å². The number of aromatic nitrogens is 2. The number of aryl methyl sites for hydroxylation is 1. The van der Waals surface area contributed by atoms with Gasteiger partial charge in [0.2, 0.25) is 0 Å². The first kappa shape index (κ1) is 13.0. The summed E-state index contributed by atoms with van der Waals surface area (Å²) in [7, 11) is 0. The molecule has 2 atom stereocenters. The van der Waals surface area contributed by atoms with Gasteiger partial charge in [0.05, 0.1) is 17.5 Å². The number of imidazole rings is 1. The van der Waals surface area contributed by atoms with E-state index in [1.54, 1.807) is 0 Å². The molecule has 5 nitrogen and oxygen atoms in total. The van der Waals surface area contributed by atoms with Gasteiger partial charge in [-0.05, 0) is 32.7 Å². The van der Waals surface area contributed by atoms with Crippen LogP contribution in [0.4, 0.5) is 0 Å². The molecule has 0 aliphatic carbocycles. The second-order valence-corrected chi connectivity index (χ2v) is 6.30. The topological polar surface area (TPSA) is 58.4 Å². The highest BCUT2D eigenvalue weighted by Gasteiger charge is 2.38. The molecule has 19 heavy (non-hydrogen) atoms. The normalized spacial score (nSPS) is 26.8. The summed E-state index contributed by atoms with van der Waals surface area (Å²) in [6.45, 7) is 4.35. The van der Waals surface area contributed by atoms with Crippen molar-refractivity contribution in [1.82, 2.24) is 14.5 Å². The molecule has 3 heterocycles. The van der Waals surface area contributed by atoms with Gasteiger partial charge in [-0.1, -0.05) is 11.8 Å². The maximum absolute atomic E-state index is 10.7. The Kier molecular flexibility index (Phi) is 3.54. The predicted octanol–water partition coefficient (Wildman–Crippen LogP) is 1.78. The Hall–Kier alpha value is -1.01. The van der Waals surface area contributed by atoms with Crippen molar-refractivity contribution >= 4 is 17.7 Å². The van der Waals surface area contributed by atoms with Crippen LogP contribution in [-0.4, -0.2) is 50.4 Å². The molecule has 2 aliphatic rings. The third-order valence-corrected chi connectivity index (χ3v) is 5.02. The lowest BCUT2D eigenvalue weighted by Gasteiger charge is -2.22. The number of hydrogen-bond donors (Lipinski definition) is 1. The fraction of sp³-hybridized carbons (Fsp3) is 0.692. The van der Waals surface area contributed by atoms with Crippen LogP contribution in [0.15, 0.2) is 11.4 Å². The van der Waals surface area contributed by atoms with Crippen LogP contribution in [0.2, 0.25) is 0 Å². The minimum atomic E-state index is -0.786. The molecule has 2 aliphatic heterocycles. The summed E-state index contributed by atoms with van der Waals surface area (Å²) in [5, 5.41) is 9.68. The molecule has 0 bridgehead atoms. The monoisotopic (exact) mass is 281 g/mol. The molecule has 3 rings (SSSR count). The number of thioether (sulfide) groups is 1. The highest BCUT2D eigenvalue weighted by molar-refractivity contribution is 7.99. The van der Waals surface area contributed by atoms with Crippen molar-refractivity contribution in [3.05, 3.63) is 11.9 Å². The lowest BCUT2D eigenvalue weighted by atomic mass is 10.1. The summed E-state index contributed by atoms with van der Waals surface area (Å²) in [4.78, 5) is 17.8. The Morgan fingerprint density at radius 2 is 2.32 bits per heavy atom. The quantitative estimate of drug-likeness (QED) is 0.853. The minimum Gasteiger partial charge on any atom is -0.481 e. The zero-order chi connectivity index (χ0) is 13.4. The number of rotatable bonds is 4. The fourth-order valence-corrected chi connectivity index (χ4v) is 4.14. The van der Waals surface area contributed by atoms with Crippen molar-refractivity contribution in [2.45, 2.75) is 43.4 Å². The van der Waals surface area contributed by atoms with E-state index in [2.05, 4.69) is 20.6 Å². The molecule has 6 heteroatoms. The van der Waals surface area contributed by atoms with E-state index < -0.39 is 5.97 Å². The average Bonchev–Trinajstić information content (AvgIpc) is 3.00. The summed E-state index contributed by atoms with van der Waals surface area (Å²) in [6.07, 6.45) is 5.77. The highest BCUT2D eigenvalue weighted by Crippen LogP contribution is 2.38. The smallest absolute Gasteiger partial charge is 0.313 e. The SMILES string of the molecule is Cc1cn(C2CCN3CCCC23)c(SCC(=O)O)n1. The van der Waals surface area contributed by atoms with Crippen molar-refractivity contribution in [1.29, 1.82) is 0 Å². The maximum Gasteiger partial charge on any atom is 0.313 e. The zero-order valence-corrected chi connectivity index (χ0v) is 11.9. The molecule has 0 aromatic carbocycles. The molecule has 2 saturated heterocycles. The second-order valence-electron chi connectivity index (χ2n) is 5.36. The van der Waals surface area contributed by atoms with E-state index in [9.17, 15) is 4.79 Å². The van der Waals surface area contributed by atoms with Crippen LogP contribution in [0.25, 0.3) is 0 Å². The Bertz CT molecular complexity index is 488. The van der Waals surface area contributed by atoms with Crippen molar-refractivity contribution < 1.29 is 9.90 Å². The summed E-state index contributed by atoms with van der Waals surface area (Å²) in [5.74, 6) is -0.705. The van der Waals surface area contributed by atoms with Gasteiger partial charge in [0.25, 0.3) is 0 Å². The molecule has 0 spiro atoms. The number of carbonyl (C=O) groups is 1. The van der Waals surface area contributed by atoms with Crippen molar-refractivity contribution in [2.24, 2.45) is 0 Å². The largest absolute Gasteiger partial charge is 0.481 e. The van der Waals surface area contributed by atoms with E-state index in [1.807, 2.05) is 6.92 Å². The summed E-state index contributed by atoms with van der Waals surface area (Å²) >= 11 is 1.33. The van der Waals surface area contributed by atoms with Gasteiger partial charge in [-0.3, -0.25) is 9.69 Å². The molecule has 1 N–H and O–H groups in total. The van der Waals surface area contributed by atoms with Gasteiger partial charge in [0.15, 0.2) is 5.16 Å². The van der Waals surface area contributed by atoms with E-state index in [0.29, 0.717) is 12.1 Å². The van der Waals surface area contributed by atoms with Gasteiger partial charge in [0, 0.05) is 18.8 Å². The number of nitrogens with zero attached hydrogens (tertiary/aromatic N) is 3. The van der Waals surface area contributed by atoms with Gasteiger partial charge >= 0.3 is 5.97 Å². The van der Waals surface area contributed by atoms with Crippen LogP contribution in [0.5, 0.6) is 0 Å². The number of carboxylic acids is 1. The summed E-state index contributed by atoms with van der Waals surface area (Å²) in [5.41, 5.74) is 0.976. The predicted molar refractivity (Wildman–Crippen MR) is 73.6 cm³/mol. The van der Waals surface area contributed by atoms with Crippen LogP contribution >= 0.6 is 11.8 Å². The third kappa shape index (κ3) is 2.51. The average molecular weight is 281 g/mol. The number of carboxylic acid groups (broad SMARTS) is 1. The Morgan fingerprint density at radius 3 is 3.11 bits per heavy atom. The maximum atomic E-state index is 10.7. The first-order valence-electron chi connectivity index (χ1n) is 6.79. The molecule has 2 fully saturated rings. The first-order valence-corrected chi connectivity index (χ1v) is 7.78. The van der Waals surface area contributed by atoms with Gasteiger partial charge < -0.3 is 9.67 Å². The van der Waals surface area contributed by atoms with Crippen LogP contribution < -0.4 is 0 Å². The molecular formula is C13H19N3O2S. The van der Waals surface area contributed by atoms with E-state index >= 15 is 0 Å². The lowest BCUT2D eigenvalue weighted by molar-refractivity contribution is -0.133. The summed E-state index contributed by atoms with van der Waals surface area (Å²) < 4.78 is 2.22. The molecule has 0 amide bonds. The van der Waals surface area contributed by atoms with Crippen LogP contribution in [0.3, 0.4) is 0 Å². The van der Waals surface area contributed by atoms with E-state index in [4.69, 9.17) is 5.11 Å². The lowest BCUT2D eigenvalue weighted by Crippen LogP contribution is -2.27. The van der Waals surface area contributed by atoms with Crippen LogP contribution in [0.1, 0.15) is 31.0 Å². The number of aliphatic carboxylic acids is 1. The summed E-state index contributed by atoms with van der Waals surface area (Å²) in [6, 6.07) is 1.10. The van der Waals surface area contributed by atoms with E-state index in [1.165, 1.54) is 31.1 Å². The van der Waals surface area contributed by atoms with Gasteiger partial charge in [-0.25, -0.2) is 4.98 Å². The molecule has 1 aromatic rings. The molecule has 0 radical (unpaired) electrons. The van der Waals surface area contributed by atoms with Gasteiger partial charge in [0.1, 0.15) is 0 Å². The van der Waals surface area contributed by atoms with Crippen molar-refractivity contribution in [3.63, 3.8) is 0 Å². The minimum absolute atomic E-state index is 0.0809. The molecular weight excluding hydrogens is 262 g/mol. The Balaban J connectivity index is 1.81. The second kappa shape index (κ2) is 5.17. The zero-order valence-electron chi connectivity index (χ0n) is 11.1. The molecule has 2 unspecified atom stereocenters.